The SMILES string of the molecule is CCCCCCCCCCCCCCCCCC(=O)O.[NH2-].[Zn]. The summed E-state index contributed by atoms with van der Waals surface area (Å²) in [7, 11) is 0. The minimum Gasteiger partial charge on any atom is -0.693 e. The predicted molar refractivity (Wildman–Crippen MR) is 92.5 cm³/mol. The molecule has 0 rings (SSSR count). The number of carbonyl (C=O) groups is 1. The van der Waals surface area contributed by atoms with Crippen LogP contribution in [0.5, 0.6) is 0 Å². The van der Waals surface area contributed by atoms with Crippen LogP contribution in [0.15, 0.2) is 0 Å². The minimum atomic E-state index is -0.653. The third kappa shape index (κ3) is 25.0. The molecule has 0 unspecified atom stereocenters. The molecule has 0 amide bonds. The van der Waals surface area contributed by atoms with Gasteiger partial charge in [0.15, 0.2) is 0 Å². The van der Waals surface area contributed by atoms with E-state index in [0.717, 1.165) is 12.8 Å². The van der Waals surface area contributed by atoms with Crippen molar-refractivity contribution >= 4 is 5.97 Å². The molecule has 0 aliphatic rings. The second-order valence-electron chi connectivity index (χ2n) is 6.09. The summed E-state index contributed by atoms with van der Waals surface area (Å²) in [5.74, 6) is -0.653. The first-order valence-electron chi connectivity index (χ1n) is 8.99. The molecule has 0 radical (unpaired) electrons. The Bertz CT molecular complexity index is 213. The van der Waals surface area contributed by atoms with Gasteiger partial charge in [-0.15, -0.1) is 0 Å². The van der Waals surface area contributed by atoms with Crippen molar-refractivity contribution in [2.24, 2.45) is 0 Å². The summed E-state index contributed by atoms with van der Waals surface area (Å²) in [5, 5.41) is 8.52. The average Bonchev–Trinajstić information content (AvgIpc) is 2.43. The molecular weight excluding hydrogens is 328 g/mol. The number of nitrogens with two attached hydrogens (primary N) is 1. The second kappa shape index (κ2) is 23.3. The summed E-state index contributed by atoms with van der Waals surface area (Å²) in [6.07, 6.45) is 20.2. The zero-order chi connectivity index (χ0) is 14.9. The van der Waals surface area contributed by atoms with Crippen LogP contribution in [0.3, 0.4) is 0 Å². The van der Waals surface area contributed by atoms with E-state index in [4.69, 9.17) is 5.11 Å². The molecule has 3 N–H and O–H groups in total. The van der Waals surface area contributed by atoms with Crippen molar-refractivity contribution in [1.82, 2.24) is 0 Å². The fourth-order valence-corrected chi connectivity index (χ4v) is 2.65. The topological polar surface area (TPSA) is 70.8 Å². The van der Waals surface area contributed by atoms with Gasteiger partial charge in [-0.2, -0.15) is 0 Å². The van der Waals surface area contributed by atoms with Gasteiger partial charge in [-0.05, 0) is 6.42 Å². The van der Waals surface area contributed by atoms with Crippen LogP contribution in [0.2, 0.25) is 0 Å². The zero-order valence-corrected chi connectivity index (χ0v) is 17.9. The largest absolute Gasteiger partial charge is 0.693 e. The third-order valence-electron chi connectivity index (χ3n) is 3.99. The fraction of sp³-hybridized carbons (Fsp3) is 0.944. The molecule has 0 atom stereocenters. The van der Waals surface area contributed by atoms with Crippen LogP contribution >= 0.6 is 0 Å². The van der Waals surface area contributed by atoms with E-state index >= 15 is 0 Å². The molecule has 0 saturated carbocycles. The Balaban J connectivity index is -0.00000180. The Labute approximate surface area is 151 Å². The molecule has 130 valence electrons. The van der Waals surface area contributed by atoms with Crippen LogP contribution in [0, 0.1) is 0 Å². The monoisotopic (exact) mass is 364 g/mol. The normalized spacial score (nSPS) is 9.86. The van der Waals surface area contributed by atoms with Gasteiger partial charge in [0, 0.05) is 25.9 Å². The Hall–Kier alpha value is 0.0534. The molecule has 22 heavy (non-hydrogen) atoms. The van der Waals surface area contributed by atoms with E-state index in [9.17, 15) is 4.79 Å². The molecule has 0 aliphatic heterocycles. The van der Waals surface area contributed by atoms with E-state index in [1.807, 2.05) is 0 Å². The number of aliphatic carboxylic acids is 1. The van der Waals surface area contributed by atoms with Crippen molar-refractivity contribution in [3.63, 3.8) is 0 Å². The number of unbranched alkanes of at least 4 members (excludes halogenated alkanes) is 14. The summed E-state index contributed by atoms with van der Waals surface area (Å²) in [6.45, 7) is 2.27. The molecule has 0 spiro atoms. The van der Waals surface area contributed by atoms with Crippen molar-refractivity contribution in [2.45, 2.75) is 110 Å². The van der Waals surface area contributed by atoms with E-state index in [-0.39, 0.29) is 25.6 Å². The zero-order valence-electron chi connectivity index (χ0n) is 15.0. The first-order valence-corrected chi connectivity index (χ1v) is 8.99. The summed E-state index contributed by atoms with van der Waals surface area (Å²) in [4.78, 5) is 10.3. The van der Waals surface area contributed by atoms with Crippen LogP contribution in [0.25, 0.3) is 6.15 Å². The van der Waals surface area contributed by atoms with Gasteiger partial charge >= 0.3 is 5.97 Å². The van der Waals surface area contributed by atoms with Gasteiger partial charge in [0.25, 0.3) is 0 Å². The predicted octanol–water partition coefficient (Wildman–Crippen LogP) is 7.05. The van der Waals surface area contributed by atoms with Crippen molar-refractivity contribution in [1.29, 1.82) is 0 Å². The van der Waals surface area contributed by atoms with Crippen molar-refractivity contribution in [3.05, 3.63) is 6.15 Å². The first kappa shape index (κ1) is 26.9. The molecular formula is C18H38NO2Zn-. The number of hydrogen-bond acceptors (Lipinski definition) is 1. The molecule has 3 nitrogen and oxygen atoms in total. The molecule has 0 aromatic heterocycles. The maximum absolute atomic E-state index is 10.3. The van der Waals surface area contributed by atoms with Gasteiger partial charge in [-0.3, -0.25) is 4.79 Å². The Kier molecular flexibility index (Phi) is 28.5. The molecule has 0 aliphatic carbocycles. The van der Waals surface area contributed by atoms with E-state index in [0.29, 0.717) is 6.42 Å². The van der Waals surface area contributed by atoms with Crippen LogP contribution in [0.4, 0.5) is 0 Å². The molecule has 0 aromatic rings. The molecule has 4 heteroatoms. The number of rotatable bonds is 16. The van der Waals surface area contributed by atoms with Crippen molar-refractivity contribution in [2.75, 3.05) is 0 Å². The van der Waals surface area contributed by atoms with E-state index in [1.165, 1.54) is 83.5 Å². The molecule has 0 heterocycles. The minimum absolute atomic E-state index is 0. The second-order valence-corrected chi connectivity index (χ2v) is 6.09. The maximum Gasteiger partial charge on any atom is 0.303 e. The standard InChI is InChI=1S/C18H36O2.H2N.Zn/c1-2-3-4-5-6-7-8-9-10-11-12-13-14-15-16-17-18(19)20;;/h2-17H2,1H3,(H,19,20);1H2;/q;-1;. The number of carboxylic acid groups (broad SMARTS) is 1. The van der Waals surface area contributed by atoms with Gasteiger partial charge < -0.3 is 11.3 Å². The van der Waals surface area contributed by atoms with Gasteiger partial charge in [0.2, 0.25) is 0 Å². The van der Waals surface area contributed by atoms with Gasteiger partial charge in [0.05, 0.1) is 0 Å². The van der Waals surface area contributed by atoms with Crippen molar-refractivity contribution in [3.8, 4) is 0 Å². The van der Waals surface area contributed by atoms with Crippen molar-refractivity contribution < 1.29 is 29.4 Å². The van der Waals surface area contributed by atoms with Crippen LogP contribution in [-0.4, -0.2) is 11.1 Å². The van der Waals surface area contributed by atoms with Crippen LogP contribution in [0.1, 0.15) is 110 Å². The van der Waals surface area contributed by atoms with E-state index < -0.39 is 5.97 Å². The molecule has 0 fully saturated rings. The molecule has 0 bridgehead atoms. The fourth-order valence-electron chi connectivity index (χ4n) is 2.65. The number of carboxylic acids is 1. The van der Waals surface area contributed by atoms with E-state index in [1.54, 1.807) is 0 Å². The van der Waals surface area contributed by atoms with Crippen LogP contribution < -0.4 is 0 Å². The third-order valence-corrected chi connectivity index (χ3v) is 3.99. The quantitative estimate of drug-likeness (QED) is 0.235. The summed E-state index contributed by atoms with van der Waals surface area (Å²) in [6, 6.07) is 0. The van der Waals surface area contributed by atoms with Gasteiger partial charge in [-0.25, -0.2) is 0 Å². The average molecular weight is 366 g/mol. The number of hydrogen-bond donors (Lipinski definition) is 1. The smallest absolute Gasteiger partial charge is 0.303 e. The molecule has 0 aromatic carbocycles. The molecule has 0 saturated heterocycles. The van der Waals surface area contributed by atoms with Gasteiger partial charge in [-0.1, -0.05) is 96.8 Å². The maximum atomic E-state index is 10.3. The van der Waals surface area contributed by atoms with E-state index in [2.05, 4.69) is 6.92 Å². The Morgan fingerprint density at radius 3 is 1.18 bits per heavy atom. The summed E-state index contributed by atoms with van der Waals surface area (Å²) in [5.41, 5.74) is 0. The van der Waals surface area contributed by atoms with Crippen LogP contribution in [-0.2, 0) is 24.3 Å². The Morgan fingerprint density at radius 2 is 0.909 bits per heavy atom. The summed E-state index contributed by atoms with van der Waals surface area (Å²) >= 11 is 0. The van der Waals surface area contributed by atoms with Gasteiger partial charge in [0.1, 0.15) is 0 Å². The summed E-state index contributed by atoms with van der Waals surface area (Å²) < 4.78 is 0. The first-order chi connectivity index (χ1) is 9.77. The Morgan fingerprint density at radius 1 is 0.636 bits per heavy atom.